The summed E-state index contributed by atoms with van der Waals surface area (Å²) >= 11 is 1.14. The number of nitrogens with two attached hydrogens (primary N) is 1. The van der Waals surface area contributed by atoms with Crippen LogP contribution in [0.15, 0.2) is 82.8 Å². The molecular formula is C23H20FN5O3S2. The van der Waals surface area contributed by atoms with Crippen LogP contribution in [0.25, 0.3) is 17.1 Å². The number of amides is 1. The molecule has 34 heavy (non-hydrogen) atoms. The minimum atomic E-state index is -3.91. The van der Waals surface area contributed by atoms with Crippen LogP contribution in [0.5, 0.6) is 0 Å². The van der Waals surface area contributed by atoms with Gasteiger partial charge in [-0.1, -0.05) is 48.2 Å². The van der Waals surface area contributed by atoms with Gasteiger partial charge in [0, 0.05) is 16.9 Å². The second kappa shape index (κ2) is 9.75. The number of aryl methyl sites for hydroxylation is 1. The lowest BCUT2D eigenvalue weighted by molar-refractivity contribution is -0.113. The maximum Gasteiger partial charge on any atom is 0.238 e. The zero-order chi connectivity index (χ0) is 24.3. The van der Waals surface area contributed by atoms with Gasteiger partial charge in [0.1, 0.15) is 5.82 Å². The lowest BCUT2D eigenvalue weighted by Gasteiger charge is -2.11. The largest absolute Gasteiger partial charge is 0.325 e. The van der Waals surface area contributed by atoms with Crippen LogP contribution in [0.4, 0.5) is 10.1 Å². The smallest absolute Gasteiger partial charge is 0.238 e. The van der Waals surface area contributed by atoms with Gasteiger partial charge in [0.15, 0.2) is 11.0 Å². The quantitative estimate of drug-likeness (QED) is 0.375. The average molecular weight is 498 g/mol. The van der Waals surface area contributed by atoms with E-state index in [0.717, 1.165) is 17.3 Å². The van der Waals surface area contributed by atoms with Crippen LogP contribution in [0.2, 0.25) is 0 Å². The Morgan fingerprint density at radius 1 is 1.06 bits per heavy atom. The monoisotopic (exact) mass is 497 g/mol. The van der Waals surface area contributed by atoms with Crippen molar-refractivity contribution in [2.24, 2.45) is 5.14 Å². The zero-order valence-corrected chi connectivity index (χ0v) is 19.6. The van der Waals surface area contributed by atoms with Gasteiger partial charge in [-0.3, -0.25) is 9.36 Å². The fourth-order valence-electron chi connectivity index (χ4n) is 3.27. The number of thioether (sulfide) groups is 1. The molecule has 4 aromatic rings. The summed E-state index contributed by atoms with van der Waals surface area (Å²) in [7, 11) is -3.91. The summed E-state index contributed by atoms with van der Waals surface area (Å²) in [5.41, 5.74) is 2.25. The fraction of sp³-hybridized carbons (Fsp3) is 0.0870. The van der Waals surface area contributed by atoms with Gasteiger partial charge >= 0.3 is 0 Å². The summed E-state index contributed by atoms with van der Waals surface area (Å²) in [6.45, 7) is 1.62. The Hall–Kier alpha value is -3.54. The molecule has 8 nitrogen and oxygen atoms in total. The van der Waals surface area contributed by atoms with Crippen LogP contribution in [-0.2, 0) is 14.8 Å². The van der Waals surface area contributed by atoms with Crippen molar-refractivity contribution in [2.45, 2.75) is 17.0 Å². The molecule has 1 heterocycles. The van der Waals surface area contributed by atoms with Crippen molar-refractivity contribution in [1.29, 1.82) is 0 Å². The predicted octanol–water partition coefficient (Wildman–Crippen LogP) is 3.76. The maximum absolute atomic E-state index is 13.5. The molecule has 3 aromatic carbocycles. The minimum Gasteiger partial charge on any atom is -0.325 e. The summed E-state index contributed by atoms with van der Waals surface area (Å²) < 4.78 is 38.7. The van der Waals surface area contributed by atoms with Crippen LogP contribution in [-0.4, -0.2) is 34.8 Å². The van der Waals surface area contributed by atoms with E-state index < -0.39 is 10.0 Å². The van der Waals surface area contributed by atoms with E-state index in [0.29, 0.717) is 27.9 Å². The van der Waals surface area contributed by atoms with Crippen molar-refractivity contribution >= 4 is 33.4 Å². The molecule has 3 N–H and O–H groups in total. The van der Waals surface area contributed by atoms with Crippen molar-refractivity contribution in [3.63, 3.8) is 0 Å². The topological polar surface area (TPSA) is 120 Å². The number of rotatable bonds is 7. The summed E-state index contributed by atoms with van der Waals surface area (Å²) in [5.74, 6) is -0.216. The molecule has 0 fully saturated rings. The van der Waals surface area contributed by atoms with Gasteiger partial charge in [-0.25, -0.2) is 17.9 Å². The van der Waals surface area contributed by atoms with E-state index in [9.17, 15) is 17.6 Å². The summed E-state index contributed by atoms with van der Waals surface area (Å²) in [5, 5.41) is 16.9. The Bertz CT molecular complexity index is 1440. The number of nitrogens with zero attached hydrogens (tertiary/aromatic N) is 3. The van der Waals surface area contributed by atoms with E-state index in [1.807, 2.05) is 30.3 Å². The number of sulfonamides is 1. The molecule has 0 aliphatic rings. The van der Waals surface area contributed by atoms with Crippen LogP contribution in [0.1, 0.15) is 5.56 Å². The summed E-state index contributed by atoms with van der Waals surface area (Å²) in [4.78, 5) is 12.5. The number of aromatic nitrogens is 3. The highest BCUT2D eigenvalue weighted by Crippen LogP contribution is 2.28. The first kappa shape index (κ1) is 23.6. The molecule has 0 aliphatic heterocycles. The first-order valence-corrected chi connectivity index (χ1v) is 12.6. The van der Waals surface area contributed by atoms with Gasteiger partial charge < -0.3 is 5.32 Å². The molecule has 1 amide bonds. The maximum atomic E-state index is 13.5. The number of carbonyl (C=O) groups is 1. The molecule has 0 bridgehead atoms. The number of hydrogen-bond donors (Lipinski definition) is 2. The van der Waals surface area contributed by atoms with Crippen molar-refractivity contribution in [3.05, 3.63) is 84.2 Å². The van der Waals surface area contributed by atoms with E-state index in [1.54, 1.807) is 35.8 Å². The number of carbonyl (C=O) groups excluding carboxylic acids is 1. The highest BCUT2D eigenvalue weighted by atomic mass is 32.2. The number of primary sulfonamides is 1. The van der Waals surface area contributed by atoms with E-state index in [4.69, 9.17) is 5.14 Å². The number of anilines is 1. The van der Waals surface area contributed by atoms with Gasteiger partial charge in [-0.2, -0.15) is 0 Å². The first-order chi connectivity index (χ1) is 16.2. The van der Waals surface area contributed by atoms with Gasteiger partial charge in [-0.05, 0) is 48.9 Å². The zero-order valence-electron chi connectivity index (χ0n) is 18.0. The molecule has 0 aliphatic carbocycles. The number of halogens is 1. The minimum absolute atomic E-state index is 0.0211. The first-order valence-electron chi connectivity index (χ1n) is 10.1. The molecule has 4 rings (SSSR count). The predicted molar refractivity (Wildman–Crippen MR) is 129 cm³/mol. The van der Waals surface area contributed by atoms with Gasteiger partial charge in [0.2, 0.25) is 15.9 Å². The molecule has 174 valence electrons. The highest BCUT2D eigenvalue weighted by molar-refractivity contribution is 7.99. The Labute approximate surface area is 200 Å². The average Bonchev–Trinajstić information content (AvgIpc) is 3.23. The summed E-state index contributed by atoms with van der Waals surface area (Å²) in [6.07, 6.45) is 0. The third kappa shape index (κ3) is 5.33. The standard InChI is InChI=1S/C23H20FN5O3S2/c1-15-7-10-18(13-20(15)34(25,31)32)26-21(30)14-33-23-28-27-22(16-5-3-2-4-6-16)29(23)19-11-8-17(24)9-12-19/h2-13H,14H2,1H3,(H,26,30)(H2,25,31,32). The Kier molecular flexibility index (Phi) is 6.77. The van der Waals surface area contributed by atoms with Crippen LogP contribution < -0.4 is 10.5 Å². The lowest BCUT2D eigenvalue weighted by atomic mass is 10.2. The molecule has 11 heteroatoms. The number of benzene rings is 3. The molecule has 0 saturated heterocycles. The Morgan fingerprint density at radius 3 is 2.44 bits per heavy atom. The molecule has 0 radical (unpaired) electrons. The fourth-order valence-corrected chi connectivity index (χ4v) is 4.83. The van der Waals surface area contributed by atoms with Crippen molar-refractivity contribution < 1.29 is 17.6 Å². The van der Waals surface area contributed by atoms with E-state index in [-0.39, 0.29) is 22.4 Å². The third-order valence-electron chi connectivity index (χ3n) is 4.86. The molecular weight excluding hydrogens is 477 g/mol. The highest BCUT2D eigenvalue weighted by Gasteiger charge is 2.18. The number of hydrogen-bond acceptors (Lipinski definition) is 6. The Balaban J connectivity index is 1.57. The second-order valence-corrected chi connectivity index (χ2v) is 9.82. The summed E-state index contributed by atoms with van der Waals surface area (Å²) in [6, 6.07) is 19.8. The number of nitrogens with one attached hydrogen (secondary N) is 1. The van der Waals surface area contributed by atoms with E-state index in [2.05, 4.69) is 15.5 Å². The molecule has 0 spiro atoms. The van der Waals surface area contributed by atoms with Crippen molar-refractivity contribution in [2.75, 3.05) is 11.1 Å². The van der Waals surface area contributed by atoms with Gasteiger partial charge in [0.25, 0.3) is 0 Å². The molecule has 1 aromatic heterocycles. The van der Waals surface area contributed by atoms with E-state index in [1.165, 1.54) is 18.2 Å². The Morgan fingerprint density at radius 2 is 1.76 bits per heavy atom. The molecule has 0 atom stereocenters. The van der Waals surface area contributed by atoms with Crippen LogP contribution >= 0.6 is 11.8 Å². The van der Waals surface area contributed by atoms with Crippen molar-refractivity contribution in [3.8, 4) is 17.1 Å². The van der Waals surface area contributed by atoms with Crippen LogP contribution in [0.3, 0.4) is 0 Å². The van der Waals surface area contributed by atoms with Crippen LogP contribution in [0, 0.1) is 12.7 Å². The third-order valence-corrected chi connectivity index (χ3v) is 6.84. The van der Waals surface area contributed by atoms with Crippen molar-refractivity contribution in [1.82, 2.24) is 14.8 Å². The van der Waals surface area contributed by atoms with E-state index >= 15 is 0 Å². The lowest BCUT2D eigenvalue weighted by Crippen LogP contribution is -2.17. The SMILES string of the molecule is Cc1ccc(NC(=O)CSc2nnc(-c3ccccc3)n2-c2ccc(F)cc2)cc1S(N)(=O)=O. The normalized spacial score (nSPS) is 11.4. The van der Waals surface area contributed by atoms with Gasteiger partial charge in [0.05, 0.1) is 10.6 Å². The second-order valence-electron chi connectivity index (χ2n) is 7.35. The molecule has 0 unspecified atom stereocenters. The molecule has 0 saturated carbocycles. The van der Waals surface area contributed by atoms with Gasteiger partial charge in [-0.15, -0.1) is 10.2 Å².